The molecule has 0 aliphatic heterocycles. The molecule has 3 heteroatoms. The Bertz CT molecular complexity index is 303. The largest absolute Gasteiger partial charge is 0.503 e. The summed E-state index contributed by atoms with van der Waals surface area (Å²) in [7, 11) is 0. The van der Waals surface area contributed by atoms with Gasteiger partial charge in [0.1, 0.15) is 0 Å². The molecule has 1 N–H and O–H groups in total. The predicted molar refractivity (Wildman–Crippen MR) is 46.7 cm³/mol. The SMILES string of the molecule is CC(C)(C)c1cc(F)c(O)c(F)c1. The van der Waals surface area contributed by atoms with Gasteiger partial charge in [0.2, 0.25) is 0 Å². The van der Waals surface area contributed by atoms with Gasteiger partial charge < -0.3 is 5.11 Å². The molecule has 1 aromatic rings. The van der Waals surface area contributed by atoms with Crippen molar-refractivity contribution in [2.75, 3.05) is 0 Å². The third-order valence-electron chi connectivity index (χ3n) is 1.88. The van der Waals surface area contributed by atoms with Crippen molar-refractivity contribution in [2.45, 2.75) is 26.2 Å². The second-order valence-corrected chi connectivity index (χ2v) is 4.04. The summed E-state index contributed by atoms with van der Waals surface area (Å²) in [6.07, 6.45) is 0. The van der Waals surface area contributed by atoms with Crippen molar-refractivity contribution in [2.24, 2.45) is 0 Å². The van der Waals surface area contributed by atoms with Gasteiger partial charge in [0, 0.05) is 0 Å². The first-order valence-corrected chi connectivity index (χ1v) is 4.01. The highest BCUT2D eigenvalue weighted by Crippen LogP contribution is 2.28. The zero-order valence-electron chi connectivity index (χ0n) is 7.86. The van der Waals surface area contributed by atoms with E-state index < -0.39 is 17.4 Å². The van der Waals surface area contributed by atoms with Crippen molar-refractivity contribution in [3.63, 3.8) is 0 Å². The van der Waals surface area contributed by atoms with Crippen molar-refractivity contribution in [1.82, 2.24) is 0 Å². The lowest BCUT2D eigenvalue weighted by atomic mass is 9.87. The van der Waals surface area contributed by atoms with Crippen LogP contribution in [0.25, 0.3) is 0 Å². The van der Waals surface area contributed by atoms with Crippen LogP contribution in [0, 0.1) is 11.6 Å². The lowest BCUT2D eigenvalue weighted by molar-refractivity contribution is 0.393. The smallest absolute Gasteiger partial charge is 0.187 e. The van der Waals surface area contributed by atoms with Gasteiger partial charge in [-0.25, -0.2) is 8.78 Å². The Hall–Kier alpha value is -1.12. The molecular weight excluding hydrogens is 174 g/mol. The molecule has 0 unspecified atom stereocenters. The molecule has 1 nitrogen and oxygen atoms in total. The van der Waals surface area contributed by atoms with Crippen LogP contribution >= 0.6 is 0 Å². The van der Waals surface area contributed by atoms with Crippen molar-refractivity contribution >= 4 is 0 Å². The maximum absolute atomic E-state index is 12.9. The minimum Gasteiger partial charge on any atom is -0.503 e. The molecule has 0 spiro atoms. The number of halogens is 2. The summed E-state index contributed by atoms with van der Waals surface area (Å²) in [6, 6.07) is 2.30. The molecule has 0 saturated heterocycles. The average Bonchev–Trinajstić information content (AvgIpc) is 1.97. The first kappa shape index (κ1) is 9.96. The summed E-state index contributed by atoms with van der Waals surface area (Å²) in [6.45, 7) is 5.54. The fourth-order valence-electron chi connectivity index (χ4n) is 0.999. The molecule has 0 heterocycles. The second-order valence-electron chi connectivity index (χ2n) is 4.04. The molecule has 0 aliphatic carbocycles. The zero-order chi connectivity index (χ0) is 10.2. The van der Waals surface area contributed by atoms with Crippen LogP contribution in [0.2, 0.25) is 0 Å². The standard InChI is InChI=1S/C10H12F2O/c1-10(2,3)6-4-7(11)9(13)8(12)5-6/h4-5,13H,1-3H3. The molecule has 72 valence electrons. The van der Waals surface area contributed by atoms with Gasteiger partial charge >= 0.3 is 0 Å². The van der Waals surface area contributed by atoms with Crippen LogP contribution in [0.4, 0.5) is 8.78 Å². The van der Waals surface area contributed by atoms with Gasteiger partial charge in [-0.1, -0.05) is 20.8 Å². The quantitative estimate of drug-likeness (QED) is 0.660. The van der Waals surface area contributed by atoms with E-state index in [-0.39, 0.29) is 5.41 Å². The van der Waals surface area contributed by atoms with Crippen molar-refractivity contribution < 1.29 is 13.9 Å². The van der Waals surface area contributed by atoms with E-state index in [9.17, 15) is 8.78 Å². The van der Waals surface area contributed by atoms with Gasteiger partial charge in [-0.05, 0) is 23.1 Å². The number of hydrogen-bond acceptors (Lipinski definition) is 1. The van der Waals surface area contributed by atoms with Gasteiger partial charge in [0.25, 0.3) is 0 Å². The van der Waals surface area contributed by atoms with Crippen molar-refractivity contribution in [3.8, 4) is 5.75 Å². The summed E-state index contributed by atoms with van der Waals surface area (Å²) in [4.78, 5) is 0. The highest BCUT2D eigenvalue weighted by atomic mass is 19.1. The fraction of sp³-hybridized carbons (Fsp3) is 0.400. The van der Waals surface area contributed by atoms with Crippen LogP contribution in [-0.4, -0.2) is 5.11 Å². The van der Waals surface area contributed by atoms with E-state index in [1.807, 2.05) is 20.8 Å². The molecule has 1 aromatic carbocycles. The third-order valence-corrected chi connectivity index (χ3v) is 1.88. The molecule has 1 rings (SSSR count). The van der Waals surface area contributed by atoms with Gasteiger partial charge in [-0.15, -0.1) is 0 Å². The van der Waals surface area contributed by atoms with E-state index in [4.69, 9.17) is 5.11 Å². The highest BCUT2D eigenvalue weighted by molar-refractivity contribution is 5.33. The molecule has 0 atom stereocenters. The van der Waals surface area contributed by atoms with E-state index >= 15 is 0 Å². The minimum absolute atomic E-state index is 0.324. The van der Waals surface area contributed by atoms with Gasteiger partial charge in [-0.3, -0.25) is 0 Å². The fourth-order valence-corrected chi connectivity index (χ4v) is 0.999. The Morgan fingerprint density at radius 2 is 1.46 bits per heavy atom. The summed E-state index contributed by atoms with van der Waals surface area (Å²) in [5, 5.41) is 8.85. The highest BCUT2D eigenvalue weighted by Gasteiger charge is 2.18. The number of aromatic hydroxyl groups is 1. The van der Waals surface area contributed by atoms with Crippen LogP contribution < -0.4 is 0 Å². The number of phenols is 1. The molecule has 0 aromatic heterocycles. The van der Waals surface area contributed by atoms with Crippen LogP contribution in [0.15, 0.2) is 12.1 Å². The molecule has 13 heavy (non-hydrogen) atoms. The van der Waals surface area contributed by atoms with Crippen LogP contribution in [0.3, 0.4) is 0 Å². The molecule has 0 fully saturated rings. The lowest BCUT2D eigenvalue weighted by Crippen LogP contribution is -2.11. The normalized spacial score (nSPS) is 11.8. The van der Waals surface area contributed by atoms with E-state index in [1.54, 1.807) is 0 Å². The molecular formula is C10H12F2O. The predicted octanol–water partition coefficient (Wildman–Crippen LogP) is 2.97. The summed E-state index contributed by atoms with van der Waals surface area (Å²) in [5.74, 6) is -2.73. The first-order valence-electron chi connectivity index (χ1n) is 4.01. The number of rotatable bonds is 0. The number of hydrogen-bond donors (Lipinski definition) is 1. The monoisotopic (exact) mass is 186 g/mol. The molecule has 0 aliphatic rings. The minimum atomic E-state index is -0.912. The Kier molecular flexibility index (Phi) is 2.28. The second kappa shape index (κ2) is 2.98. The Morgan fingerprint density at radius 3 is 1.77 bits per heavy atom. The topological polar surface area (TPSA) is 20.2 Å². The van der Waals surface area contributed by atoms with Gasteiger partial charge in [-0.2, -0.15) is 0 Å². The summed E-state index contributed by atoms with van der Waals surface area (Å²) in [5.41, 5.74) is 0.204. The van der Waals surface area contributed by atoms with Crippen LogP contribution in [0.5, 0.6) is 5.75 Å². The van der Waals surface area contributed by atoms with E-state index in [2.05, 4.69) is 0 Å². The lowest BCUT2D eigenvalue weighted by Gasteiger charge is -2.19. The Labute approximate surface area is 76.0 Å². The van der Waals surface area contributed by atoms with Gasteiger partial charge in [0.05, 0.1) is 0 Å². The Morgan fingerprint density at radius 1 is 1.08 bits per heavy atom. The summed E-state index contributed by atoms with van der Waals surface area (Å²) < 4.78 is 25.8. The molecule has 0 saturated carbocycles. The van der Waals surface area contributed by atoms with Crippen LogP contribution in [-0.2, 0) is 5.41 Å². The third kappa shape index (κ3) is 1.97. The average molecular weight is 186 g/mol. The maximum Gasteiger partial charge on any atom is 0.187 e. The van der Waals surface area contributed by atoms with Gasteiger partial charge in [0.15, 0.2) is 17.4 Å². The van der Waals surface area contributed by atoms with Crippen molar-refractivity contribution in [3.05, 3.63) is 29.3 Å². The van der Waals surface area contributed by atoms with E-state index in [0.717, 1.165) is 12.1 Å². The maximum atomic E-state index is 12.9. The molecule has 0 bridgehead atoms. The van der Waals surface area contributed by atoms with E-state index in [0.29, 0.717) is 5.56 Å². The van der Waals surface area contributed by atoms with E-state index in [1.165, 1.54) is 0 Å². The summed E-state index contributed by atoms with van der Waals surface area (Å²) >= 11 is 0. The Balaban J connectivity index is 3.29. The molecule has 0 amide bonds. The van der Waals surface area contributed by atoms with Crippen LogP contribution in [0.1, 0.15) is 26.3 Å². The zero-order valence-corrected chi connectivity index (χ0v) is 7.86. The molecule has 0 radical (unpaired) electrons. The van der Waals surface area contributed by atoms with Crippen molar-refractivity contribution in [1.29, 1.82) is 0 Å². The number of benzene rings is 1. The number of phenolic OH excluding ortho intramolecular Hbond substituents is 1. The first-order chi connectivity index (χ1) is 5.82.